The van der Waals surface area contributed by atoms with Gasteiger partial charge in [-0.1, -0.05) is 30.3 Å². The molecule has 1 aromatic rings. The fraction of sp³-hybridized carbons (Fsp3) is 0.500. The zero-order chi connectivity index (χ0) is 12.3. The van der Waals surface area contributed by atoms with Gasteiger partial charge in [-0.15, -0.1) is 12.4 Å². The first-order valence-electron chi connectivity index (χ1n) is 6.25. The second kappa shape index (κ2) is 6.76. The number of rotatable bonds is 2. The first kappa shape index (κ1) is 15.0. The zero-order valence-electron chi connectivity index (χ0n) is 10.9. The first-order valence-corrected chi connectivity index (χ1v) is 6.25. The van der Waals surface area contributed by atoms with Crippen LogP contribution in [-0.4, -0.2) is 36.5 Å². The Labute approximate surface area is 115 Å². The average Bonchev–Trinajstić information content (AvgIpc) is 2.38. The van der Waals surface area contributed by atoms with Crippen LogP contribution in [0.25, 0.3) is 0 Å². The number of benzene rings is 1. The average molecular weight is 269 g/mol. The molecular formula is C14H21ClN2O. The third-order valence-corrected chi connectivity index (χ3v) is 3.35. The lowest BCUT2D eigenvalue weighted by Gasteiger charge is -2.33. The van der Waals surface area contributed by atoms with Gasteiger partial charge >= 0.3 is 0 Å². The van der Waals surface area contributed by atoms with Crippen molar-refractivity contribution in [2.24, 2.45) is 0 Å². The SMILES string of the molecule is CC(C(=O)N1CCN[C@@H](C)C1)c1ccccc1.Cl. The van der Waals surface area contributed by atoms with E-state index in [4.69, 9.17) is 0 Å². The minimum atomic E-state index is -0.0403. The molecule has 1 heterocycles. The molecule has 1 aromatic carbocycles. The van der Waals surface area contributed by atoms with E-state index in [-0.39, 0.29) is 24.2 Å². The number of amides is 1. The quantitative estimate of drug-likeness (QED) is 0.890. The molecule has 2 rings (SSSR count). The Morgan fingerprint density at radius 2 is 2.06 bits per heavy atom. The lowest BCUT2D eigenvalue weighted by atomic mass is 9.99. The van der Waals surface area contributed by atoms with E-state index in [9.17, 15) is 4.79 Å². The Morgan fingerprint density at radius 1 is 1.39 bits per heavy atom. The second-order valence-electron chi connectivity index (χ2n) is 4.77. The van der Waals surface area contributed by atoms with Gasteiger partial charge in [0.25, 0.3) is 0 Å². The second-order valence-corrected chi connectivity index (χ2v) is 4.77. The van der Waals surface area contributed by atoms with Crippen LogP contribution in [0.1, 0.15) is 25.3 Å². The zero-order valence-corrected chi connectivity index (χ0v) is 11.7. The van der Waals surface area contributed by atoms with Crippen molar-refractivity contribution in [2.75, 3.05) is 19.6 Å². The van der Waals surface area contributed by atoms with E-state index in [1.807, 2.05) is 42.2 Å². The first-order chi connectivity index (χ1) is 8.18. The number of hydrogen-bond acceptors (Lipinski definition) is 2. The maximum absolute atomic E-state index is 12.3. The number of carbonyl (C=O) groups excluding carboxylic acids is 1. The van der Waals surface area contributed by atoms with Gasteiger partial charge < -0.3 is 10.2 Å². The van der Waals surface area contributed by atoms with E-state index in [2.05, 4.69) is 12.2 Å². The number of hydrogen-bond donors (Lipinski definition) is 1. The molecule has 1 aliphatic rings. The van der Waals surface area contributed by atoms with Gasteiger partial charge in [0, 0.05) is 25.7 Å². The summed E-state index contributed by atoms with van der Waals surface area (Å²) in [4.78, 5) is 14.3. The third-order valence-electron chi connectivity index (χ3n) is 3.35. The number of carbonyl (C=O) groups is 1. The standard InChI is InChI=1S/C14H20N2O.ClH/c1-11-10-16(9-8-15-11)14(17)12(2)13-6-4-3-5-7-13;/h3-7,11-12,15H,8-10H2,1-2H3;1H/t11-,12?;/m0./s1. The highest BCUT2D eigenvalue weighted by atomic mass is 35.5. The molecule has 1 amide bonds. The molecule has 4 heteroatoms. The van der Waals surface area contributed by atoms with Crippen molar-refractivity contribution < 1.29 is 4.79 Å². The Balaban J connectivity index is 0.00000162. The van der Waals surface area contributed by atoms with Crippen LogP contribution >= 0.6 is 12.4 Å². The Kier molecular flexibility index (Phi) is 5.63. The van der Waals surface area contributed by atoms with Crippen molar-refractivity contribution in [1.29, 1.82) is 0 Å². The van der Waals surface area contributed by atoms with Crippen molar-refractivity contribution >= 4 is 18.3 Å². The molecule has 0 bridgehead atoms. The Bertz CT molecular complexity index is 383. The molecule has 18 heavy (non-hydrogen) atoms. The normalized spacial score (nSPS) is 21.0. The molecule has 1 N–H and O–H groups in total. The monoisotopic (exact) mass is 268 g/mol. The van der Waals surface area contributed by atoms with Gasteiger partial charge in [0.15, 0.2) is 0 Å². The number of nitrogens with one attached hydrogen (secondary N) is 1. The topological polar surface area (TPSA) is 32.3 Å². The van der Waals surface area contributed by atoms with Crippen LogP contribution < -0.4 is 5.32 Å². The van der Waals surface area contributed by atoms with Crippen LogP contribution in [0, 0.1) is 0 Å². The van der Waals surface area contributed by atoms with Gasteiger partial charge in [-0.2, -0.15) is 0 Å². The highest BCUT2D eigenvalue weighted by Gasteiger charge is 2.25. The van der Waals surface area contributed by atoms with Crippen LogP contribution in [-0.2, 0) is 4.79 Å². The van der Waals surface area contributed by atoms with Crippen LogP contribution in [0.15, 0.2) is 30.3 Å². The summed E-state index contributed by atoms with van der Waals surface area (Å²) in [5, 5.41) is 3.35. The van der Waals surface area contributed by atoms with Gasteiger partial charge in [-0.25, -0.2) is 0 Å². The summed E-state index contributed by atoms with van der Waals surface area (Å²) in [6.45, 7) is 6.64. The molecule has 0 aromatic heterocycles. The number of piperazine rings is 1. The van der Waals surface area contributed by atoms with Gasteiger partial charge in [-0.3, -0.25) is 4.79 Å². The molecule has 1 saturated heterocycles. The van der Waals surface area contributed by atoms with E-state index in [1.165, 1.54) is 0 Å². The van der Waals surface area contributed by atoms with Gasteiger partial charge in [0.1, 0.15) is 0 Å². The van der Waals surface area contributed by atoms with E-state index in [0.717, 1.165) is 25.2 Å². The van der Waals surface area contributed by atoms with E-state index in [1.54, 1.807) is 0 Å². The molecule has 1 fully saturated rings. The third kappa shape index (κ3) is 3.47. The van der Waals surface area contributed by atoms with Crippen molar-refractivity contribution in [3.8, 4) is 0 Å². The molecule has 1 aliphatic heterocycles. The minimum Gasteiger partial charge on any atom is -0.339 e. The van der Waals surface area contributed by atoms with E-state index in [0.29, 0.717) is 6.04 Å². The largest absolute Gasteiger partial charge is 0.339 e. The maximum Gasteiger partial charge on any atom is 0.229 e. The van der Waals surface area contributed by atoms with E-state index >= 15 is 0 Å². The van der Waals surface area contributed by atoms with Crippen LogP contribution in [0.4, 0.5) is 0 Å². The minimum absolute atomic E-state index is 0. The highest BCUT2D eigenvalue weighted by Crippen LogP contribution is 2.18. The summed E-state index contributed by atoms with van der Waals surface area (Å²) in [5.74, 6) is 0.200. The summed E-state index contributed by atoms with van der Waals surface area (Å²) in [6, 6.07) is 10.4. The molecule has 2 atom stereocenters. The van der Waals surface area contributed by atoms with Crippen molar-refractivity contribution in [1.82, 2.24) is 10.2 Å². The maximum atomic E-state index is 12.3. The van der Waals surface area contributed by atoms with Gasteiger partial charge in [0.05, 0.1) is 5.92 Å². The van der Waals surface area contributed by atoms with E-state index < -0.39 is 0 Å². The fourth-order valence-corrected chi connectivity index (χ4v) is 2.29. The summed E-state index contributed by atoms with van der Waals surface area (Å²) in [6.07, 6.45) is 0. The summed E-state index contributed by atoms with van der Waals surface area (Å²) < 4.78 is 0. The lowest BCUT2D eigenvalue weighted by molar-refractivity contribution is -0.133. The molecular weight excluding hydrogens is 248 g/mol. The van der Waals surface area contributed by atoms with Crippen LogP contribution in [0.2, 0.25) is 0 Å². The molecule has 0 saturated carbocycles. The molecule has 0 spiro atoms. The van der Waals surface area contributed by atoms with Crippen molar-refractivity contribution in [2.45, 2.75) is 25.8 Å². The number of nitrogens with zero attached hydrogens (tertiary/aromatic N) is 1. The van der Waals surface area contributed by atoms with Gasteiger partial charge in [-0.05, 0) is 19.4 Å². The van der Waals surface area contributed by atoms with Crippen molar-refractivity contribution in [3.63, 3.8) is 0 Å². The van der Waals surface area contributed by atoms with Crippen LogP contribution in [0.3, 0.4) is 0 Å². The predicted octanol–water partition coefficient (Wildman–Crippen LogP) is 2.03. The molecule has 1 unspecified atom stereocenters. The van der Waals surface area contributed by atoms with Crippen molar-refractivity contribution in [3.05, 3.63) is 35.9 Å². The molecule has 3 nitrogen and oxygen atoms in total. The smallest absolute Gasteiger partial charge is 0.229 e. The number of halogens is 1. The summed E-state index contributed by atoms with van der Waals surface area (Å²) in [7, 11) is 0. The highest BCUT2D eigenvalue weighted by molar-refractivity contribution is 5.85. The van der Waals surface area contributed by atoms with Crippen LogP contribution in [0.5, 0.6) is 0 Å². The fourth-order valence-electron chi connectivity index (χ4n) is 2.29. The lowest BCUT2D eigenvalue weighted by Crippen LogP contribution is -2.52. The summed E-state index contributed by atoms with van der Waals surface area (Å²) >= 11 is 0. The summed E-state index contributed by atoms with van der Waals surface area (Å²) in [5.41, 5.74) is 1.10. The molecule has 0 aliphatic carbocycles. The molecule has 100 valence electrons. The molecule has 0 radical (unpaired) electrons. The Morgan fingerprint density at radius 3 is 2.67 bits per heavy atom. The Hall–Kier alpha value is -1.06. The predicted molar refractivity (Wildman–Crippen MR) is 76.1 cm³/mol. The van der Waals surface area contributed by atoms with Gasteiger partial charge in [0.2, 0.25) is 5.91 Å².